The highest BCUT2D eigenvalue weighted by Gasteiger charge is 2.29. The summed E-state index contributed by atoms with van der Waals surface area (Å²) in [5.74, 6) is 0. The van der Waals surface area contributed by atoms with Crippen LogP contribution in [0.15, 0.2) is 18.2 Å². The van der Waals surface area contributed by atoms with Gasteiger partial charge in [-0.05, 0) is 56.4 Å². The molecule has 1 N–H and O–H groups in total. The first-order valence-electron chi connectivity index (χ1n) is 7.93. The van der Waals surface area contributed by atoms with Crippen molar-refractivity contribution in [2.75, 3.05) is 31.1 Å². The number of nitrogens with one attached hydrogen (secondary N) is 1. The van der Waals surface area contributed by atoms with E-state index in [2.05, 4.69) is 17.0 Å². The SMILES string of the molecule is Cc1cc(N2CC[NH+](C3CCCC3)CC2)ccc1C=O. The zero-order chi connectivity index (χ0) is 13.9. The summed E-state index contributed by atoms with van der Waals surface area (Å²) in [6.45, 7) is 6.84. The molecule has 0 aromatic heterocycles. The van der Waals surface area contributed by atoms with E-state index < -0.39 is 0 Å². The molecule has 0 radical (unpaired) electrons. The van der Waals surface area contributed by atoms with Gasteiger partial charge in [-0.25, -0.2) is 0 Å². The molecule has 1 aliphatic carbocycles. The third kappa shape index (κ3) is 2.73. The van der Waals surface area contributed by atoms with E-state index in [-0.39, 0.29) is 0 Å². The molecule has 0 amide bonds. The summed E-state index contributed by atoms with van der Waals surface area (Å²) in [5.41, 5.74) is 3.17. The van der Waals surface area contributed by atoms with Gasteiger partial charge >= 0.3 is 0 Å². The number of aldehydes is 1. The zero-order valence-electron chi connectivity index (χ0n) is 12.4. The summed E-state index contributed by atoms with van der Waals surface area (Å²) in [7, 11) is 0. The molecule has 0 bridgehead atoms. The van der Waals surface area contributed by atoms with Crippen molar-refractivity contribution in [2.24, 2.45) is 0 Å². The molecule has 3 nitrogen and oxygen atoms in total. The van der Waals surface area contributed by atoms with Crippen LogP contribution in [-0.4, -0.2) is 38.5 Å². The van der Waals surface area contributed by atoms with Crippen LogP contribution in [0.25, 0.3) is 0 Å². The monoisotopic (exact) mass is 273 g/mol. The number of piperazine rings is 1. The average molecular weight is 273 g/mol. The number of hydrogen-bond acceptors (Lipinski definition) is 2. The first-order chi connectivity index (χ1) is 9.78. The quantitative estimate of drug-likeness (QED) is 0.843. The van der Waals surface area contributed by atoms with Crippen LogP contribution in [0.2, 0.25) is 0 Å². The summed E-state index contributed by atoms with van der Waals surface area (Å²) in [6, 6.07) is 7.13. The minimum absolute atomic E-state index is 0.809. The van der Waals surface area contributed by atoms with Crippen molar-refractivity contribution in [3.05, 3.63) is 29.3 Å². The van der Waals surface area contributed by atoms with Gasteiger partial charge in [-0.3, -0.25) is 4.79 Å². The summed E-state index contributed by atoms with van der Waals surface area (Å²) in [4.78, 5) is 15.2. The largest absolute Gasteiger partial charge is 0.360 e. The average Bonchev–Trinajstić information content (AvgIpc) is 3.01. The Kier molecular flexibility index (Phi) is 4.06. The Bertz CT molecular complexity index is 472. The number of aryl methyl sites for hydroxylation is 1. The van der Waals surface area contributed by atoms with E-state index in [1.165, 1.54) is 44.5 Å². The number of carbonyl (C=O) groups excluding carboxylic acids is 1. The van der Waals surface area contributed by atoms with Gasteiger partial charge in [-0.1, -0.05) is 0 Å². The molecule has 1 heterocycles. The molecule has 0 spiro atoms. The van der Waals surface area contributed by atoms with Crippen molar-refractivity contribution in [1.29, 1.82) is 0 Å². The maximum absolute atomic E-state index is 10.9. The van der Waals surface area contributed by atoms with Crippen LogP contribution < -0.4 is 9.80 Å². The normalized spacial score (nSPS) is 21.4. The number of rotatable bonds is 3. The number of nitrogens with zero attached hydrogens (tertiary/aromatic N) is 1. The number of anilines is 1. The summed E-state index contributed by atoms with van der Waals surface area (Å²) in [6.07, 6.45) is 6.68. The molecule has 2 fully saturated rings. The fourth-order valence-electron chi connectivity index (χ4n) is 3.78. The fraction of sp³-hybridized carbons (Fsp3) is 0.588. The Morgan fingerprint density at radius 2 is 1.90 bits per heavy atom. The molecule has 3 rings (SSSR count). The molecule has 108 valence electrons. The van der Waals surface area contributed by atoms with Gasteiger partial charge in [0.2, 0.25) is 0 Å². The summed E-state index contributed by atoms with van der Waals surface area (Å²) in [5, 5.41) is 0. The lowest BCUT2D eigenvalue weighted by molar-refractivity contribution is -0.925. The summed E-state index contributed by atoms with van der Waals surface area (Å²) < 4.78 is 0. The van der Waals surface area contributed by atoms with Crippen LogP contribution >= 0.6 is 0 Å². The molecule has 20 heavy (non-hydrogen) atoms. The second kappa shape index (κ2) is 5.96. The predicted molar refractivity (Wildman–Crippen MR) is 81.7 cm³/mol. The Labute approximate surface area is 121 Å². The van der Waals surface area contributed by atoms with Crippen LogP contribution in [0.4, 0.5) is 5.69 Å². The first kappa shape index (κ1) is 13.6. The molecule has 3 heteroatoms. The molecule has 1 aliphatic heterocycles. The van der Waals surface area contributed by atoms with Crippen molar-refractivity contribution in [2.45, 2.75) is 38.6 Å². The number of benzene rings is 1. The van der Waals surface area contributed by atoms with E-state index in [4.69, 9.17) is 0 Å². The van der Waals surface area contributed by atoms with Gasteiger partial charge in [0.15, 0.2) is 0 Å². The molecule has 1 aromatic rings. The highest BCUT2D eigenvalue weighted by atomic mass is 16.1. The molecule has 1 saturated carbocycles. The lowest BCUT2D eigenvalue weighted by atomic mass is 10.1. The third-order valence-electron chi connectivity index (χ3n) is 5.08. The van der Waals surface area contributed by atoms with Crippen LogP contribution in [-0.2, 0) is 0 Å². The van der Waals surface area contributed by atoms with Crippen molar-refractivity contribution < 1.29 is 9.69 Å². The van der Waals surface area contributed by atoms with Gasteiger partial charge in [0, 0.05) is 11.3 Å². The maximum atomic E-state index is 10.9. The second-order valence-corrected chi connectivity index (χ2v) is 6.29. The number of carbonyl (C=O) groups is 1. The van der Waals surface area contributed by atoms with Crippen LogP contribution in [0.1, 0.15) is 41.6 Å². The minimum Gasteiger partial charge on any atom is -0.360 e. The van der Waals surface area contributed by atoms with Crippen LogP contribution in [0.5, 0.6) is 0 Å². The molecule has 0 atom stereocenters. The zero-order valence-corrected chi connectivity index (χ0v) is 12.4. The van der Waals surface area contributed by atoms with Gasteiger partial charge in [0.1, 0.15) is 6.29 Å². The lowest BCUT2D eigenvalue weighted by Crippen LogP contribution is -3.18. The highest BCUT2D eigenvalue weighted by molar-refractivity contribution is 5.78. The van der Waals surface area contributed by atoms with E-state index in [0.29, 0.717) is 0 Å². The van der Waals surface area contributed by atoms with Crippen molar-refractivity contribution >= 4 is 12.0 Å². The van der Waals surface area contributed by atoms with Gasteiger partial charge in [0.05, 0.1) is 32.2 Å². The third-order valence-corrected chi connectivity index (χ3v) is 5.08. The summed E-state index contributed by atoms with van der Waals surface area (Å²) >= 11 is 0. The fourth-order valence-corrected chi connectivity index (χ4v) is 3.78. The first-order valence-corrected chi connectivity index (χ1v) is 7.93. The van der Waals surface area contributed by atoms with Gasteiger partial charge in [-0.2, -0.15) is 0 Å². The molecular weight excluding hydrogens is 248 g/mol. The van der Waals surface area contributed by atoms with Gasteiger partial charge in [-0.15, -0.1) is 0 Å². The van der Waals surface area contributed by atoms with Gasteiger partial charge < -0.3 is 9.80 Å². The standard InChI is InChI=1S/C17H24N2O/c1-14-12-17(7-6-15(14)13-20)19-10-8-18(9-11-19)16-4-2-3-5-16/h6-7,12-13,16H,2-5,8-11H2,1H3/p+1. The Morgan fingerprint density at radius 3 is 2.50 bits per heavy atom. The van der Waals surface area contributed by atoms with E-state index in [1.807, 2.05) is 17.9 Å². The topological polar surface area (TPSA) is 24.8 Å². The number of hydrogen-bond donors (Lipinski definition) is 1. The minimum atomic E-state index is 0.809. The van der Waals surface area contributed by atoms with E-state index in [9.17, 15) is 4.79 Å². The molecule has 0 unspecified atom stereocenters. The van der Waals surface area contributed by atoms with E-state index >= 15 is 0 Å². The predicted octanol–water partition coefficient (Wildman–Crippen LogP) is 1.46. The van der Waals surface area contributed by atoms with Crippen LogP contribution in [0, 0.1) is 6.92 Å². The van der Waals surface area contributed by atoms with Crippen molar-refractivity contribution in [3.8, 4) is 0 Å². The smallest absolute Gasteiger partial charge is 0.150 e. The van der Waals surface area contributed by atoms with Crippen molar-refractivity contribution in [1.82, 2.24) is 0 Å². The maximum Gasteiger partial charge on any atom is 0.150 e. The number of quaternary nitrogens is 1. The Balaban J connectivity index is 1.62. The van der Waals surface area contributed by atoms with E-state index in [1.54, 1.807) is 0 Å². The molecule has 1 aromatic carbocycles. The second-order valence-electron chi connectivity index (χ2n) is 6.29. The molecule has 1 saturated heterocycles. The molecule has 2 aliphatic rings. The van der Waals surface area contributed by atoms with Crippen molar-refractivity contribution in [3.63, 3.8) is 0 Å². The lowest BCUT2D eigenvalue weighted by Gasteiger charge is -2.36. The van der Waals surface area contributed by atoms with Crippen LogP contribution in [0.3, 0.4) is 0 Å². The molecular formula is C17H25N2O+. The van der Waals surface area contributed by atoms with Gasteiger partial charge in [0.25, 0.3) is 0 Å². The highest BCUT2D eigenvalue weighted by Crippen LogP contribution is 2.19. The Hall–Kier alpha value is -1.35. The Morgan fingerprint density at radius 1 is 1.20 bits per heavy atom. The van der Waals surface area contributed by atoms with E-state index in [0.717, 1.165) is 36.5 Å².